The molecule has 0 atom stereocenters. The lowest BCUT2D eigenvalue weighted by Crippen LogP contribution is -2.27. The summed E-state index contributed by atoms with van der Waals surface area (Å²) in [5.74, 6) is -0.172. The number of benzene rings is 1. The fourth-order valence-electron chi connectivity index (χ4n) is 2.54. The van der Waals surface area contributed by atoms with Crippen LogP contribution in [-0.2, 0) is 0 Å². The Morgan fingerprint density at radius 2 is 2.00 bits per heavy atom. The molecule has 0 radical (unpaired) electrons. The first-order chi connectivity index (χ1) is 11.9. The second kappa shape index (κ2) is 8.83. The molecule has 0 unspecified atom stereocenters. The summed E-state index contributed by atoms with van der Waals surface area (Å²) in [5, 5.41) is 6.84. The van der Waals surface area contributed by atoms with Gasteiger partial charge in [-0.1, -0.05) is 17.7 Å². The molecule has 0 fully saturated rings. The molecule has 25 heavy (non-hydrogen) atoms. The van der Waals surface area contributed by atoms with E-state index in [0.717, 1.165) is 35.5 Å². The van der Waals surface area contributed by atoms with Crippen LogP contribution in [0.3, 0.4) is 0 Å². The lowest BCUT2D eigenvalue weighted by Gasteiger charge is -2.13. The third kappa shape index (κ3) is 5.73. The highest BCUT2D eigenvalue weighted by molar-refractivity contribution is 6.33. The average molecular weight is 361 g/mol. The first-order valence-corrected chi connectivity index (χ1v) is 8.67. The number of halogens is 1. The Morgan fingerprint density at radius 3 is 2.68 bits per heavy atom. The number of hydrogen-bond donors (Lipinski definition) is 2. The fourth-order valence-corrected chi connectivity index (χ4v) is 2.91. The molecule has 1 heterocycles. The molecular formula is C19H25ClN4O. The van der Waals surface area contributed by atoms with Crippen molar-refractivity contribution in [2.45, 2.75) is 20.3 Å². The third-order valence-corrected chi connectivity index (χ3v) is 4.06. The van der Waals surface area contributed by atoms with Gasteiger partial charge in [-0.3, -0.25) is 9.78 Å². The highest BCUT2D eigenvalue weighted by Crippen LogP contribution is 2.30. The van der Waals surface area contributed by atoms with Gasteiger partial charge in [0.1, 0.15) is 5.69 Å². The SMILES string of the molecule is Cc1cc(C)c(Nc2ccnc(C(=O)NCCCN(C)C)c2)c(Cl)c1. The van der Waals surface area contributed by atoms with Crippen molar-refractivity contribution in [2.24, 2.45) is 0 Å². The molecular weight excluding hydrogens is 336 g/mol. The van der Waals surface area contributed by atoms with E-state index < -0.39 is 0 Å². The first-order valence-electron chi connectivity index (χ1n) is 8.29. The number of anilines is 2. The Hall–Kier alpha value is -2.11. The van der Waals surface area contributed by atoms with E-state index in [-0.39, 0.29) is 5.91 Å². The molecule has 0 aliphatic carbocycles. The zero-order valence-electron chi connectivity index (χ0n) is 15.2. The number of pyridine rings is 1. The Labute approximate surface area is 154 Å². The summed E-state index contributed by atoms with van der Waals surface area (Å²) in [6.45, 7) is 5.56. The maximum atomic E-state index is 12.2. The average Bonchev–Trinajstić information content (AvgIpc) is 2.55. The highest BCUT2D eigenvalue weighted by Gasteiger charge is 2.10. The molecule has 1 aromatic carbocycles. The van der Waals surface area contributed by atoms with Crippen molar-refractivity contribution in [1.82, 2.24) is 15.2 Å². The second-order valence-electron chi connectivity index (χ2n) is 6.41. The van der Waals surface area contributed by atoms with Crippen LogP contribution in [0.1, 0.15) is 28.0 Å². The van der Waals surface area contributed by atoms with Crippen LogP contribution in [0.15, 0.2) is 30.5 Å². The lowest BCUT2D eigenvalue weighted by molar-refractivity contribution is 0.0947. The van der Waals surface area contributed by atoms with Crippen LogP contribution in [0.25, 0.3) is 0 Å². The molecule has 2 aromatic rings. The summed E-state index contributed by atoms with van der Waals surface area (Å²) in [6.07, 6.45) is 2.52. The minimum Gasteiger partial charge on any atom is -0.354 e. The van der Waals surface area contributed by atoms with E-state index >= 15 is 0 Å². The van der Waals surface area contributed by atoms with E-state index in [4.69, 9.17) is 11.6 Å². The predicted octanol–water partition coefficient (Wildman–Crippen LogP) is 3.78. The number of hydrogen-bond acceptors (Lipinski definition) is 4. The van der Waals surface area contributed by atoms with Gasteiger partial charge < -0.3 is 15.5 Å². The number of nitrogens with one attached hydrogen (secondary N) is 2. The first kappa shape index (κ1) is 19.2. The molecule has 0 saturated heterocycles. The summed E-state index contributed by atoms with van der Waals surface area (Å²) in [4.78, 5) is 18.5. The van der Waals surface area contributed by atoms with Crippen LogP contribution in [0.5, 0.6) is 0 Å². The maximum absolute atomic E-state index is 12.2. The van der Waals surface area contributed by atoms with Crippen LogP contribution < -0.4 is 10.6 Å². The zero-order valence-corrected chi connectivity index (χ0v) is 15.9. The van der Waals surface area contributed by atoms with Crippen molar-refractivity contribution in [2.75, 3.05) is 32.5 Å². The van der Waals surface area contributed by atoms with Crippen molar-refractivity contribution in [1.29, 1.82) is 0 Å². The molecule has 5 nitrogen and oxygen atoms in total. The van der Waals surface area contributed by atoms with E-state index in [1.165, 1.54) is 0 Å². The van der Waals surface area contributed by atoms with E-state index in [2.05, 4.69) is 26.6 Å². The third-order valence-electron chi connectivity index (χ3n) is 3.76. The minimum absolute atomic E-state index is 0.172. The van der Waals surface area contributed by atoms with Crippen molar-refractivity contribution >= 4 is 28.9 Å². The van der Waals surface area contributed by atoms with Crippen molar-refractivity contribution < 1.29 is 4.79 Å². The largest absolute Gasteiger partial charge is 0.354 e. The second-order valence-corrected chi connectivity index (χ2v) is 6.81. The monoisotopic (exact) mass is 360 g/mol. The summed E-state index contributed by atoms with van der Waals surface area (Å²) >= 11 is 6.34. The van der Waals surface area contributed by atoms with Gasteiger partial charge in [0.05, 0.1) is 10.7 Å². The number of nitrogens with zero attached hydrogens (tertiary/aromatic N) is 2. The Kier molecular flexibility index (Phi) is 6.79. The Balaban J connectivity index is 2.05. The Bertz CT molecular complexity index is 723. The van der Waals surface area contributed by atoms with Crippen molar-refractivity contribution in [3.63, 3.8) is 0 Å². The molecule has 1 aromatic heterocycles. The topological polar surface area (TPSA) is 57.3 Å². The van der Waals surface area contributed by atoms with Crippen LogP contribution in [0.4, 0.5) is 11.4 Å². The van der Waals surface area contributed by atoms with Gasteiger partial charge in [0.2, 0.25) is 0 Å². The molecule has 0 aliphatic heterocycles. The van der Waals surface area contributed by atoms with Gasteiger partial charge >= 0.3 is 0 Å². The number of aromatic nitrogens is 1. The van der Waals surface area contributed by atoms with Crippen LogP contribution in [-0.4, -0.2) is 43.0 Å². The van der Waals surface area contributed by atoms with Gasteiger partial charge in [0.25, 0.3) is 5.91 Å². The standard InChI is InChI=1S/C19H25ClN4O/c1-13-10-14(2)18(16(20)11-13)23-15-6-8-21-17(12-15)19(25)22-7-5-9-24(3)4/h6,8,10-12H,5,7,9H2,1-4H3,(H,21,23)(H,22,25). The van der Waals surface area contributed by atoms with Crippen molar-refractivity contribution in [3.05, 3.63) is 52.3 Å². The van der Waals surface area contributed by atoms with E-state index in [9.17, 15) is 4.79 Å². The van der Waals surface area contributed by atoms with Crippen LogP contribution >= 0.6 is 11.6 Å². The van der Waals surface area contributed by atoms with E-state index in [1.54, 1.807) is 12.3 Å². The highest BCUT2D eigenvalue weighted by atomic mass is 35.5. The number of aryl methyl sites for hydroxylation is 2. The Morgan fingerprint density at radius 1 is 1.24 bits per heavy atom. The summed E-state index contributed by atoms with van der Waals surface area (Å²) in [5.41, 5.74) is 4.17. The molecule has 6 heteroatoms. The van der Waals surface area contributed by atoms with Crippen LogP contribution in [0, 0.1) is 13.8 Å². The summed E-state index contributed by atoms with van der Waals surface area (Å²) in [6, 6.07) is 7.53. The quantitative estimate of drug-likeness (QED) is 0.738. The molecule has 134 valence electrons. The molecule has 1 amide bonds. The number of carbonyl (C=O) groups is 1. The lowest BCUT2D eigenvalue weighted by atomic mass is 10.1. The summed E-state index contributed by atoms with van der Waals surface area (Å²) < 4.78 is 0. The summed E-state index contributed by atoms with van der Waals surface area (Å²) in [7, 11) is 4.02. The normalized spacial score (nSPS) is 10.8. The van der Waals surface area contributed by atoms with Gasteiger partial charge in [0, 0.05) is 18.4 Å². The zero-order chi connectivity index (χ0) is 18.4. The van der Waals surface area contributed by atoms with Gasteiger partial charge in [-0.05, 0) is 70.2 Å². The minimum atomic E-state index is -0.172. The molecule has 0 saturated carbocycles. The molecule has 0 aliphatic rings. The van der Waals surface area contributed by atoms with E-state index in [0.29, 0.717) is 17.3 Å². The fraction of sp³-hybridized carbons (Fsp3) is 0.368. The number of amides is 1. The smallest absolute Gasteiger partial charge is 0.269 e. The van der Waals surface area contributed by atoms with Crippen molar-refractivity contribution in [3.8, 4) is 0 Å². The van der Waals surface area contributed by atoms with Crippen LogP contribution in [0.2, 0.25) is 5.02 Å². The molecule has 0 bridgehead atoms. The molecule has 0 spiro atoms. The van der Waals surface area contributed by atoms with Gasteiger partial charge in [-0.25, -0.2) is 0 Å². The van der Waals surface area contributed by atoms with Gasteiger partial charge in [0.15, 0.2) is 0 Å². The van der Waals surface area contributed by atoms with Gasteiger partial charge in [-0.2, -0.15) is 0 Å². The number of rotatable bonds is 7. The molecule has 2 N–H and O–H groups in total. The van der Waals surface area contributed by atoms with Gasteiger partial charge in [-0.15, -0.1) is 0 Å². The maximum Gasteiger partial charge on any atom is 0.269 e. The number of carbonyl (C=O) groups excluding carboxylic acids is 1. The predicted molar refractivity (Wildman–Crippen MR) is 104 cm³/mol. The van der Waals surface area contributed by atoms with E-state index in [1.807, 2.05) is 40.1 Å². The molecule has 2 rings (SSSR count).